The molecule has 0 aliphatic carbocycles. The van der Waals surface area contributed by atoms with Crippen molar-refractivity contribution in [3.05, 3.63) is 47.4 Å². The van der Waals surface area contributed by atoms with Crippen molar-refractivity contribution in [3.8, 4) is 5.75 Å². The lowest BCUT2D eigenvalue weighted by Crippen LogP contribution is -2.17. The minimum absolute atomic E-state index is 0.137. The molecule has 1 aromatic carbocycles. The Morgan fingerprint density at radius 3 is 2.60 bits per heavy atom. The van der Waals surface area contributed by atoms with Crippen molar-refractivity contribution in [1.29, 1.82) is 0 Å². The predicted octanol–water partition coefficient (Wildman–Crippen LogP) is 5.15. The smallest absolute Gasteiger partial charge is 0.404 e. The molecule has 2 heterocycles. The fourth-order valence-electron chi connectivity index (χ4n) is 2.37. The Balaban J connectivity index is 2.05. The number of imidazole rings is 1. The molecule has 132 valence electrons. The van der Waals surface area contributed by atoms with E-state index in [9.17, 15) is 13.2 Å². The maximum atomic E-state index is 12.6. The van der Waals surface area contributed by atoms with Crippen LogP contribution in [0.4, 0.5) is 24.5 Å². The molecule has 9 heteroatoms. The van der Waals surface area contributed by atoms with E-state index < -0.39 is 6.36 Å². The molecule has 25 heavy (non-hydrogen) atoms. The van der Waals surface area contributed by atoms with E-state index >= 15 is 0 Å². The van der Waals surface area contributed by atoms with Gasteiger partial charge in [-0.15, -0.1) is 13.2 Å². The number of benzene rings is 1. The number of ether oxygens (including phenoxy) is 1. The van der Waals surface area contributed by atoms with Gasteiger partial charge in [0.2, 0.25) is 0 Å². The van der Waals surface area contributed by atoms with E-state index in [4.69, 9.17) is 11.6 Å². The van der Waals surface area contributed by atoms with Crippen LogP contribution in [0.1, 0.15) is 25.5 Å². The first-order chi connectivity index (χ1) is 11.7. The van der Waals surface area contributed by atoms with Crippen LogP contribution in [0, 0.1) is 0 Å². The quantitative estimate of drug-likeness (QED) is 0.690. The molecule has 5 nitrogen and oxygen atoms in total. The fourth-order valence-corrected chi connectivity index (χ4v) is 2.55. The van der Waals surface area contributed by atoms with E-state index in [2.05, 4.69) is 20.1 Å². The van der Waals surface area contributed by atoms with Gasteiger partial charge in [0, 0.05) is 6.07 Å². The molecular weight excluding hydrogens is 357 g/mol. The van der Waals surface area contributed by atoms with Crippen molar-refractivity contribution in [2.24, 2.45) is 0 Å². The van der Waals surface area contributed by atoms with E-state index in [-0.39, 0.29) is 22.5 Å². The van der Waals surface area contributed by atoms with Gasteiger partial charge in [0.25, 0.3) is 0 Å². The first-order valence-corrected chi connectivity index (χ1v) is 7.78. The van der Waals surface area contributed by atoms with Crippen LogP contribution in [0.2, 0.25) is 5.15 Å². The van der Waals surface area contributed by atoms with E-state index in [1.807, 2.05) is 13.8 Å². The lowest BCUT2D eigenvalue weighted by molar-refractivity contribution is -0.274. The highest BCUT2D eigenvalue weighted by Crippen LogP contribution is 2.34. The Morgan fingerprint density at radius 1 is 1.20 bits per heavy atom. The highest BCUT2D eigenvalue weighted by Gasteiger charge is 2.32. The lowest BCUT2D eigenvalue weighted by atomic mass is 10.2. The summed E-state index contributed by atoms with van der Waals surface area (Å²) in [6.45, 7) is 3.96. The molecule has 3 aromatic rings. The molecule has 0 fully saturated rings. The average molecular weight is 371 g/mol. The molecule has 0 atom stereocenters. The largest absolute Gasteiger partial charge is 0.573 e. The van der Waals surface area contributed by atoms with Gasteiger partial charge in [-0.2, -0.15) is 5.10 Å². The lowest BCUT2D eigenvalue weighted by Gasteiger charge is -2.15. The molecule has 0 aliphatic rings. The summed E-state index contributed by atoms with van der Waals surface area (Å²) in [5.41, 5.74) is 1.85. The Kier molecular flexibility index (Phi) is 4.47. The zero-order chi connectivity index (χ0) is 18.2. The molecule has 0 saturated carbocycles. The second-order valence-corrected chi connectivity index (χ2v) is 6.01. The monoisotopic (exact) mass is 370 g/mol. The summed E-state index contributed by atoms with van der Waals surface area (Å²) in [4.78, 5) is 4.30. The standard InChI is InChI=1S/C16H14ClF3N4O/c1-9(2)12-8-21-15-11(7-14(17)23-24(12)15)22-10-5-3-4-6-13(10)25-16(18,19)20/h3-9,22H,1-2H3. The maximum Gasteiger partial charge on any atom is 0.573 e. The SMILES string of the molecule is CC(C)c1cnc2c(Nc3ccccc3OC(F)(F)F)cc(Cl)nn12. The van der Waals surface area contributed by atoms with Crippen LogP contribution in [0.5, 0.6) is 5.75 Å². The average Bonchev–Trinajstić information content (AvgIpc) is 2.91. The predicted molar refractivity (Wildman–Crippen MR) is 88.5 cm³/mol. The number of aromatic nitrogens is 3. The highest BCUT2D eigenvalue weighted by atomic mass is 35.5. The van der Waals surface area contributed by atoms with Crippen LogP contribution >= 0.6 is 11.6 Å². The van der Waals surface area contributed by atoms with E-state index in [0.717, 1.165) is 5.69 Å². The number of hydrogen-bond donors (Lipinski definition) is 1. The summed E-state index contributed by atoms with van der Waals surface area (Å²) in [5.74, 6) is -0.202. The van der Waals surface area contributed by atoms with Crippen LogP contribution < -0.4 is 10.1 Å². The van der Waals surface area contributed by atoms with Crippen molar-refractivity contribution < 1.29 is 17.9 Å². The molecule has 1 N–H and O–H groups in total. The van der Waals surface area contributed by atoms with Gasteiger partial charge < -0.3 is 10.1 Å². The Labute approximate surface area is 146 Å². The van der Waals surface area contributed by atoms with Gasteiger partial charge in [0.1, 0.15) is 0 Å². The molecule has 0 unspecified atom stereocenters. The summed E-state index contributed by atoms with van der Waals surface area (Å²) in [6, 6.07) is 7.24. The molecule has 3 rings (SSSR count). The van der Waals surface area contributed by atoms with Gasteiger partial charge in [-0.25, -0.2) is 9.50 Å². The van der Waals surface area contributed by atoms with Gasteiger partial charge in [0.15, 0.2) is 16.5 Å². The minimum Gasteiger partial charge on any atom is -0.404 e. The number of anilines is 2. The van der Waals surface area contributed by atoms with E-state index in [1.54, 1.807) is 16.8 Å². The molecule has 0 radical (unpaired) electrons. The molecule has 0 amide bonds. The van der Waals surface area contributed by atoms with Crippen LogP contribution in [0.3, 0.4) is 0 Å². The van der Waals surface area contributed by atoms with Gasteiger partial charge in [-0.3, -0.25) is 0 Å². The number of nitrogens with one attached hydrogen (secondary N) is 1. The summed E-state index contributed by atoms with van der Waals surface area (Å²) in [5, 5.41) is 7.29. The van der Waals surface area contributed by atoms with Crippen LogP contribution in [0.15, 0.2) is 36.5 Å². The fraction of sp³-hybridized carbons (Fsp3) is 0.250. The summed E-state index contributed by atoms with van der Waals surface area (Å²) >= 11 is 6.06. The zero-order valence-electron chi connectivity index (χ0n) is 13.3. The number of alkyl halides is 3. The Hall–Kier alpha value is -2.48. The number of halogens is 4. The zero-order valence-corrected chi connectivity index (χ0v) is 14.1. The van der Waals surface area contributed by atoms with E-state index in [1.165, 1.54) is 24.3 Å². The van der Waals surface area contributed by atoms with Crippen molar-refractivity contribution in [2.75, 3.05) is 5.32 Å². The van der Waals surface area contributed by atoms with Crippen LogP contribution in [-0.2, 0) is 0 Å². The van der Waals surface area contributed by atoms with Crippen LogP contribution in [0.25, 0.3) is 5.65 Å². The first-order valence-electron chi connectivity index (χ1n) is 7.40. The number of rotatable bonds is 4. The molecule has 0 saturated heterocycles. The molecular formula is C16H14ClF3N4O. The third kappa shape index (κ3) is 3.79. The topological polar surface area (TPSA) is 51.5 Å². The second-order valence-electron chi connectivity index (χ2n) is 5.62. The second kappa shape index (κ2) is 6.44. The Bertz CT molecular complexity index is 908. The van der Waals surface area contributed by atoms with E-state index in [0.29, 0.717) is 11.3 Å². The number of nitrogens with zero attached hydrogens (tertiary/aromatic N) is 3. The maximum absolute atomic E-state index is 12.6. The third-order valence-corrected chi connectivity index (χ3v) is 3.62. The summed E-state index contributed by atoms with van der Waals surface area (Å²) in [7, 11) is 0. The molecule has 0 spiro atoms. The van der Waals surface area contributed by atoms with Crippen molar-refractivity contribution in [2.45, 2.75) is 26.1 Å². The number of hydrogen-bond acceptors (Lipinski definition) is 4. The van der Waals surface area contributed by atoms with Gasteiger partial charge in [-0.1, -0.05) is 37.6 Å². The summed E-state index contributed by atoms with van der Waals surface area (Å²) < 4.78 is 43.3. The van der Waals surface area contributed by atoms with Gasteiger partial charge >= 0.3 is 6.36 Å². The van der Waals surface area contributed by atoms with Crippen LogP contribution in [-0.4, -0.2) is 21.0 Å². The molecule has 0 aliphatic heterocycles. The van der Waals surface area contributed by atoms with Crippen molar-refractivity contribution in [3.63, 3.8) is 0 Å². The molecule has 0 bridgehead atoms. The first kappa shape index (κ1) is 17.3. The third-order valence-electron chi connectivity index (χ3n) is 3.44. The summed E-state index contributed by atoms with van der Waals surface area (Å²) in [6.07, 6.45) is -3.13. The number of para-hydroxylation sites is 2. The van der Waals surface area contributed by atoms with Crippen molar-refractivity contribution >= 4 is 28.6 Å². The van der Waals surface area contributed by atoms with Crippen molar-refractivity contribution in [1.82, 2.24) is 14.6 Å². The Morgan fingerprint density at radius 2 is 1.92 bits per heavy atom. The minimum atomic E-state index is -4.79. The number of fused-ring (bicyclic) bond motifs is 1. The van der Waals surface area contributed by atoms with Gasteiger partial charge in [-0.05, 0) is 18.1 Å². The molecule has 2 aromatic heterocycles. The normalized spacial score (nSPS) is 12.0. The highest BCUT2D eigenvalue weighted by molar-refractivity contribution is 6.29. The van der Waals surface area contributed by atoms with Gasteiger partial charge in [0.05, 0.1) is 23.3 Å².